The molecule has 0 amide bonds. The van der Waals surface area contributed by atoms with Crippen LogP contribution in [0.15, 0.2) is 78.9 Å². The predicted octanol–water partition coefficient (Wildman–Crippen LogP) is 4.94. The van der Waals surface area contributed by atoms with Gasteiger partial charge in [0.15, 0.2) is 0 Å². The van der Waals surface area contributed by atoms with Crippen LogP contribution < -0.4 is 4.74 Å². The maximum Gasteiger partial charge on any atom is 0.118 e. The van der Waals surface area contributed by atoms with E-state index >= 15 is 0 Å². The van der Waals surface area contributed by atoms with Crippen LogP contribution in [0.1, 0.15) is 28.8 Å². The summed E-state index contributed by atoms with van der Waals surface area (Å²) >= 11 is 6.57. The lowest BCUT2D eigenvalue weighted by atomic mass is 9.93. The highest BCUT2D eigenvalue weighted by Gasteiger charge is 2.32. The van der Waals surface area contributed by atoms with Crippen molar-refractivity contribution < 1.29 is 9.84 Å². The molecular formula is C26H29ClN2O2. The molecule has 1 saturated heterocycles. The maximum absolute atomic E-state index is 11.3. The van der Waals surface area contributed by atoms with E-state index in [4.69, 9.17) is 16.3 Å². The van der Waals surface area contributed by atoms with Gasteiger partial charge in [-0.25, -0.2) is 0 Å². The summed E-state index contributed by atoms with van der Waals surface area (Å²) in [6, 6.07) is 25.8. The minimum atomic E-state index is -0.644. The standard InChI is InChI=1S/C26H29ClN2O2/c1-31-22-13-11-20(12-14-22)19-28-15-17-29(18-16-28)25(23-9-5-6-10-24(23)27)26(30)21-7-3-2-4-8-21/h2-14,25-26,30H,15-19H2,1H3/t25-,26-/m0/s1. The third-order valence-corrected chi connectivity index (χ3v) is 6.37. The predicted molar refractivity (Wildman–Crippen MR) is 125 cm³/mol. The number of rotatable bonds is 7. The van der Waals surface area contributed by atoms with Crippen LogP contribution in [0, 0.1) is 0 Å². The van der Waals surface area contributed by atoms with Crippen molar-refractivity contribution in [3.05, 3.63) is 101 Å². The number of aliphatic hydroxyl groups is 1. The first-order valence-electron chi connectivity index (χ1n) is 10.7. The Bertz CT molecular complexity index is 957. The summed E-state index contributed by atoms with van der Waals surface area (Å²) in [5.74, 6) is 0.881. The zero-order chi connectivity index (χ0) is 21.6. The Morgan fingerprint density at radius 1 is 0.871 bits per heavy atom. The quantitative estimate of drug-likeness (QED) is 0.569. The Balaban J connectivity index is 1.48. The van der Waals surface area contributed by atoms with Gasteiger partial charge in [-0.2, -0.15) is 0 Å². The average Bonchev–Trinajstić information content (AvgIpc) is 2.82. The van der Waals surface area contributed by atoms with E-state index in [0.717, 1.165) is 49.6 Å². The van der Waals surface area contributed by atoms with Gasteiger partial charge in [0.05, 0.1) is 19.3 Å². The third-order valence-electron chi connectivity index (χ3n) is 6.03. The van der Waals surface area contributed by atoms with E-state index in [0.29, 0.717) is 5.02 Å². The number of aliphatic hydroxyl groups excluding tert-OH is 1. The Hall–Kier alpha value is -2.37. The number of methoxy groups -OCH3 is 1. The zero-order valence-electron chi connectivity index (χ0n) is 17.8. The SMILES string of the molecule is COc1ccc(CN2CCN([C@@H](c3ccccc3Cl)[C@@H](O)c3ccccc3)CC2)cc1. The van der Waals surface area contributed by atoms with Crippen LogP contribution >= 0.6 is 11.6 Å². The van der Waals surface area contributed by atoms with Crippen LogP contribution in [0.25, 0.3) is 0 Å². The van der Waals surface area contributed by atoms with Crippen molar-refractivity contribution in [3.8, 4) is 5.75 Å². The Morgan fingerprint density at radius 3 is 2.16 bits per heavy atom. The molecule has 4 nitrogen and oxygen atoms in total. The molecule has 1 aliphatic rings. The van der Waals surface area contributed by atoms with E-state index in [1.807, 2.05) is 66.7 Å². The molecule has 31 heavy (non-hydrogen) atoms. The van der Waals surface area contributed by atoms with Gasteiger partial charge in [0.25, 0.3) is 0 Å². The fraction of sp³-hybridized carbons (Fsp3) is 0.308. The molecule has 0 aliphatic carbocycles. The molecule has 0 radical (unpaired) electrons. The van der Waals surface area contributed by atoms with Gasteiger partial charge in [0.1, 0.15) is 5.75 Å². The van der Waals surface area contributed by atoms with Crippen molar-refractivity contribution in [1.82, 2.24) is 9.80 Å². The van der Waals surface area contributed by atoms with Crippen molar-refractivity contribution in [2.24, 2.45) is 0 Å². The lowest BCUT2D eigenvalue weighted by molar-refractivity contribution is 0.0149. The van der Waals surface area contributed by atoms with Crippen molar-refractivity contribution in [2.45, 2.75) is 18.7 Å². The summed E-state index contributed by atoms with van der Waals surface area (Å²) in [6.45, 7) is 4.53. The van der Waals surface area contributed by atoms with Gasteiger partial charge in [-0.15, -0.1) is 0 Å². The smallest absolute Gasteiger partial charge is 0.118 e. The summed E-state index contributed by atoms with van der Waals surface area (Å²) in [6.07, 6.45) is -0.644. The van der Waals surface area contributed by atoms with Crippen LogP contribution in [0.5, 0.6) is 5.75 Å². The van der Waals surface area contributed by atoms with Crippen LogP contribution in [0.2, 0.25) is 5.02 Å². The number of benzene rings is 3. The number of ether oxygens (including phenoxy) is 1. The van der Waals surface area contributed by atoms with Crippen LogP contribution in [-0.2, 0) is 6.54 Å². The number of halogens is 1. The fourth-order valence-corrected chi connectivity index (χ4v) is 4.55. The average molecular weight is 437 g/mol. The van der Waals surface area contributed by atoms with E-state index in [-0.39, 0.29) is 6.04 Å². The van der Waals surface area contributed by atoms with Gasteiger partial charge in [-0.3, -0.25) is 9.80 Å². The summed E-state index contributed by atoms with van der Waals surface area (Å²) in [4.78, 5) is 4.82. The summed E-state index contributed by atoms with van der Waals surface area (Å²) in [7, 11) is 1.69. The summed E-state index contributed by atoms with van der Waals surface area (Å²) in [5, 5.41) is 12.0. The highest BCUT2D eigenvalue weighted by Crippen LogP contribution is 2.38. The summed E-state index contributed by atoms with van der Waals surface area (Å²) in [5.41, 5.74) is 3.17. The van der Waals surface area contributed by atoms with Gasteiger partial charge < -0.3 is 9.84 Å². The highest BCUT2D eigenvalue weighted by atomic mass is 35.5. The normalized spacial score (nSPS) is 17.3. The first kappa shape index (κ1) is 21.8. The van der Waals surface area contributed by atoms with Crippen molar-refractivity contribution >= 4 is 11.6 Å². The number of hydrogen-bond donors (Lipinski definition) is 1. The van der Waals surface area contributed by atoms with Gasteiger partial charge in [-0.05, 0) is 34.9 Å². The fourth-order valence-electron chi connectivity index (χ4n) is 4.30. The zero-order valence-corrected chi connectivity index (χ0v) is 18.6. The van der Waals surface area contributed by atoms with Crippen LogP contribution in [0.3, 0.4) is 0 Å². The molecule has 0 spiro atoms. The van der Waals surface area contributed by atoms with E-state index in [1.165, 1.54) is 5.56 Å². The molecule has 4 rings (SSSR count). The van der Waals surface area contributed by atoms with E-state index in [2.05, 4.69) is 21.9 Å². The Morgan fingerprint density at radius 2 is 1.52 bits per heavy atom. The molecular weight excluding hydrogens is 408 g/mol. The van der Waals surface area contributed by atoms with Crippen LogP contribution in [0.4, 0.5) is 0 Å². The molecule has 1 heterocycles. The van der Waals surface area contributed by atoms with Crippen molar-refractivity contribution in [3.63, 3.8) is 0 Å². The number of hydrogen-bond acceptors (Lipinski definition) is 4. The first-order chi connectivity index (χ1) is 15.2. The Labute approximate surface area is 189 Å². The van der Waals surface area contributed by atoms with Gasteiger partial charge in [0.2, 0.25) is 0 Å². The minimum absolute atomic E-state index is 0.181. The second-order valence-electron chi connectivity index (χ2n) is 7.98. The topological polar surface area (TPSA) is 35.9 Å². The van der Waals surface area contributed by atoms with Gasteiger partial charge >= 0.3 is 0 Å². The lowest BCUT2D eigenvalue weighted by Crippen LogP contribution is -2.48. The Kier molecular flexibility index (Phi) is 7.25. The second kappa shape index (κ2) is 10.3. The van der Waals surface area contributed by atoms with E-state index in [9.17, 15) is 5.11 Å². The molecule has 0 bridgehead atoms. The first-order valence-corrected chi connectivity index (χ1v) is 11.1. The van der Waals surface area contributed by atoms with Crippen molar-refractivity contribution in [2.75, 3.05) is 33.3 Å². The molecule has 0 aromatic heterocycles. The third kappa shape index (κ3) is 5.28. The minimum Gasteiger partial charge on any atom is -0.497 e. The number of piperazine rings is 1. The molecule has 162 valence electrons. The van der Waals surface area contributed by atoms with Gasteiger partial charge in [-0.1, -0.05) is 72.3 Å². The highest BCUT2D eigenvalue weighted by molar-refractivity contribution is 6.31. The molecule has 1 fully saturated rings. The van der Waals surface area contributed by atoms with E-state index < -0.39 is 6.10 Å². The molecule has 1 aliphatic heterocycles. The maximum atomic E-state index is 11.3. The van der Waals surface area contributed by atoms with E-state index in [1.54, 1.807) is 7.11 Å². The van der Waals surface area contributed by atoms with Gasteiger partial charge in [0, 0.05) is 37.7 Å². The molecule has 5 heteroatoms. The summed E-state index contributed by atoms with van der Waals surface area (Å²) < 4.78 is 5.26. The molecule has 2 atom stereocenters. The lowest BCUT2D eigenvalue weighted by Gasteiger charge is -2.41. The molecule has 1 N–H and O–H groups in total. The second-order valence-corrected chi connectivity index (χ2v) is 8.39. The van der Waals surface area contributed by atoms with Crippen LogP contribution in [-0.4, -0.2) is 48.2 Å². The monoisotopic (exact) mass is 436 g/mol. The van der Waals surface area contributed by atoms with Crippen molar-refractivity contribution in [1.29, 1.82) is 0 Å². The number of nitrogens with zero attached hydrogens (tertiary/aromatic N) is 2. The largest absolute Gasteiger partial charge is 0.497 e. The molecule has 0 unspecified atom stereocenters. The molecule has 3 aromatic rings. The molecule has 3 aromatic carbocycles. The molecule has 0 saturated carbocycles.